The summed E-state index contributed by atoms with van der Waals surface area (Å²) in [6.45, 7) is 15.3. The average molecular weight is 299 g/mol. The first-order valence-electron chi connectivity index (χ1n) is 7.87. The van der Waals surface area contributed by atoms with E-state index in [2.05, 4.69) is 77.2 Å². The quantitative estimate of drug-likeness (QED) is 0.724. The summed E-state index contributed by atoms with van der Waals surface area (Å²) in [6.07, 6.45) is 0. The van der Waals surface area contributed by atoms with Gasteiger partial charge in [-0.2, -0.15) is 0 Å². The lowest BCUT2D eigenvalue weighted by molar-refractivity contribution is 1.00. The molecule has 0 aliphatic carbocycles. The van der Waals surface area contributed by atoms with Crippen molar-refractivity contribution in [2.75, 3.05) is 0 Å². The van der Waals surface area contributed by atoms with Crippen LogP contribution in [0.2, 0.25) is 24.2 Å². The third kappa shape index (κ3) is 1.42. The molecule has 0 amide bonds. The second kappa shape index (κ2) is 4.31. The van der Waals surface area contributed by atoms with E-state index in [1.807, 2.05) is 0 Å². The summed E-state index contributed by atoms with van der Waals surface area (Å²) in [5.74, 6) is 0. The molecule has 1 aliphatic rings. The summed E-state index contributed by atoms with van der Waals surface area (Å²) in [6, 6.07) is 14.1. The Bertz CT molecular complexity index is 619. The summed E-state index contributed by atoms with van der Waals surface area (Å²) < 4.78 is 0. The van der Waals surface area contributed by atoms with Gasteiger partial charge in [0.25, 0.3) is 0 Å². The van der Waals surface area contributed by atoms with Crippen molar-refractivity contribution in [3.8, 4) is 0 Å². The molecule has 2 heteroatoms. The van der Waals surface area contributed by atoms with Crippen LogP contribution in [0, 0.1) is 0 Å². The Kier molecular flexibility index (Phi) is 3.04. The summed E-state index contributed by atoms with van der Waals surface area (Å²) in [5.41, 5.74) is 1.64. The van der Waals surface area contributed by atoms with Gasteiger partial charge in [-0.3, -0.25) is 0 Å². The molecule has 0 nitrogen and oxygen atoms in total. The van der Waals surface area contributed by atoms with Crippen LogP contribution in [-0.2, 0) is 0 Å². The molecule has 2 aromatic carbocycles. The van der Waals surface area contributed by atoms with E-state index in [1.165, 1.54) is 5.39 Å². The molecule has 0 saturated carbocycles. The number of hydrogen-bond donors (Lipinski definition) is 0. The van der Waals surface area contributed by atoms with Gasteiger partial charge in [-0.1, -0.05) is 87.6 Å². The molecule has 1 aliphatic heterocycles. The number of benzene rings is 2. The molecule has 0 spiro atoms. The lowest BCUT2D eigenvalue weighted by Crippen LogP contribution is -2.70. The maximum Gasteiger partial charge on any atom is 0.0859 e. The number of rotatable bonds is 2. The van der Waals surface area contributed by atoms with Crippen LogP contribution in [0.25, 0.3) is 10.8 Å². The van der Waals surface area contributed by atoms with Crippen molar-refractivity contribution in [1.29, 1.82) is 0 Å². The SMILES string of the molecule is CC(C)[Si]1(C)c2cccc3cccc(c23)[Si]1(C)C(C)C. The van der Waals surface area contributed by atoms with E-state index in [0.29, 0.717) is 0 Å². The summed E-state index contributed by atoms with van der Waals surface area (Å²) in [5, 5.41) is 6.61. The molecule has 1 heterocycles. The molecule has 2 aromatic rings. The minimum Gasteiger partial charge on any atom is -0.0667 e. The van der Waals surface area contributed by atoms with Gasteiger partial charge in [0, 0.05) is 0 Å². The molecule has 0 bridgehead atoms. The third-order valence-corrected chi connectivity index (χ3v) is 27.8. The summed E-state index contributed by atoms with van der Waals surface area (Å²) in [4.78, 5) is 0. The van der Waals surface area contributed by atoms with Gasteiger partial charge in [0.2, 0.25) is 0 Å². The maximum atomic E-state index is 2.68. The van der Waals surface area contributed by atoms with Gasteiger partial charge in [0.05, 0.1) is 15.2 Å². The predicted octanol–water partition coefficient (Wildman–Crippen LogP) is 4.32. The Morgan fingerprint density at radius 2 is 1.10 bits per heavy atom. The van der Waals surface area contributed by atoms with Crippen molar-refractivity contribution < 1.29 is 0 Å². The van der Waals surface area contributed by atoms with Crippen LogP contribution in [0.1, 0.15) is 27.7 Å². The molecule has 106 valence electrons. The molecule has 0 fully saturated rings. The highest BCUT2D eigenvalue weighted by molar-refractivity contribution is 7.54. The molecule has 0 radical (unpaired) electrons. The van der Waals surface area contributed by atoms with Crippen LogP contribution in [0.15, 0.2) is 36.4 Å². The monoisotopic (exact) mass is 298 g/mol. The Balaban J connectivity index is 2.48. The zero-order chi connectivity index (χ0) is 14.7. The van der Waals surface area contributed by atoms with E-state index in [1.54, 1.807) is 15.8 Å². The zero-order valence-electron chi connectivity index (χ0n) is 13.6. The summed E-state index contributed by atoms with van der Waals surface area (Å²) >= 11 is 0. The molecular formula is C18H26Si2. The summed E-state index contributed by atoms with van der Waals surface area (Å²) in [7, 11) is -2.89. The molecule has 20 heavy (non-hydrogen) atoms. The Morgan fingerprint density at radius 1 is 0.700 bits per heavy atom. The predicted molar refractivity (Wildman–Crippen MR) is 96.6 cm³/mol. The molecule has 3 rings (SSSR count). The molecule has 2 atom stereocenters. The fraction of sp³-hybridized carbons (Fsp3) is 0.444. The van der Waals surface area contributed by atoms with Gasteiger partial charge in [-0.25, -0.2) is 0 Å². The van der Waals surface area contributed by atoms with Crippen LogP contribution in [0.3, 0.4) is 0 Å². The third-order valence-electron chi connectivity index (χ3n) is 6.41. The van der Waals surface area contributed by atoms with Crippen molar-refractivity contribution in [1.82, 2.24) is 0 Å². The second-order valence-corrected chi connectivity index (χ2v) is 21.9. The lowest BCUT2D eigenvalue weighted by Gasteiger charge is -2.45. The lowest BCUT2D eigenvalue weighted by atomic mass is 10.1. The van der Waals surface area contributed by atoms with Crippen molar-refractivity contribution in [3.63, 3.8) is 0 Å². The fourth-order valence-electron chi connectivity index (χ4n) is 4.59. The Morgan fingerprint density at radius 3 is 1.45 bits per heavy atom. The van der Waals surface area contributed by atoms with Crippen molar-refractivity contribution in [2.45, 2.75) is 51.9 Å². The van der Waals surface area contributed by atoms with Crippen LogP contribution >= 0.6 is 0 Å². The van der Waals surface area contributed by atoms with Crippen molar-refractivity contribution >= 4 is 36.3 Å². The highest BCUT2D eigenvalue weighted by atomic mass is 29.3. The van der Waals surface area contributed by atoms with Crippen LogP contribution in [0.4, 0.5) is 0 Å². The van der Waals surface area contributed by atoms with E-state index in [9.17, 15) is 0 Å². The van der Waals surface area contributed by atoms with E-state index in [4.69, 9.17) is 0 Å². The largest absolute Gasteiger partial charge is 0.0859 e. The first-order valence-corrected chi connectivity index (χ1v) is 14.0. The topological polar surface area (TPSA) is 0 Å². The first kappa shape index (κ1) is 14.1. The minimum atomic E-state index is -1.45. The normalized spacial score (nSPS) is 28.8. The first-order chi connectivity index (χ1) is 9.35. The van der Waals surface area contributed by atoms with E-state index in [0.717, 1.165) is 11.1 Å². The highest BCUT2D eigenvalue weighted by Crippen LogP contribution is 2.42. The molecular weight excluding hydrogens is 272 g/mol. The maximum absolute atomic E-state index is 2.68. The zero-order valence-corrected chi connectivity index (χ0v) is 15.6. The standard InChI is InChI=1S/C18H26Si2/c1-13(2)19(5)16-11-7-9-15-10-8-12-17(18(15)16)20(19,6)14(3)4/h7-14H,1-6H3. The minimum absolute atomic E-state index is 0.819. The molecule has 0 saturated heterocycles. The Labute approximate surface area is 125 Å². The van der Waals surface area contributed by atoms with E-state index in [-0.39, 0.29) is 0 Å². The molecule has 0 N–H and O–H groups in total. The second-order valence-electron chi connectivity index (χ2n) is 7.42. The van der Waals surface area contributed by atoms with Crippen LogP contribution in [-0.4, -0.2) is 15.2 Å². The molecule has 0 aromatic heterocycles. The van der Waals surface area contributed by atoms with E-state index >= 15 is 0 Å². The highest BCUT2D eigenvalue weighted by Gasteiger charge is 2.58. The van der Waals surface area contributed by atoms with Gasteiger partial charge in [-0.05, 0) is 21.9 Å². The van der Waals surface area contributed by atoms with Crippen molar-refractivity contribution in [2.24, 2.45) is 0 Å². The van der Waals surface area contributed by atoms with Gasteiger partial charge in [0.15, 0.2) is 0 Å². The number of hydrogen-bond acceptors (Lipinski definition) is 0. The van der Waals surface area contributed by atoms with Crippen LogP contribution < -0.4 is 10.4 Å². The van der Waals surface area contributed by atoms with E-state index < -0.39 is 15.2 Å². The smallest absolute Gasteiger partial charge is 0.0667 e. The Hall–Kier alpha value is -0.866. The van der Waals surface area contributed by atoms with Crippen molar-refractivity contribution in [3.05, 3.63) is 36.4 Å². The average Bonchev–Trinajstić information content (AvgIpc) is 2.63. The van der Waals surface area contributed by atoms with Gasteiger partial charge in [-0.15, -0.1) is 0 Å². The van der Waals surface area contributed by atoms with Gasteiger partial charge >= 0.3 is 0 Å². The molecule has 2 unspecified atom stereocenters. The van der Waals surface area contributed by atoms with Gasteiger partial charge < -0.3 is 0 Å². The fourth-order valence-corrected chi connectivity index (χ4v) is 23.8. The van der Waals surface area contributed by atoms with Gasteiger partial charge in [0.1, 0.15) is 0 Å². The van der Waals surface area contributed by atoms with Crippen LogP contribution in [0.5, 0.6) is 0 Å².